The zero-order chi connectivity index (χ0) is 13.7. The quantitative estimate of drug-likeness (QED) is 0.756. The Morgan fingerprint density at radius 2 is 2.11 bits per heavy atom. The van der Waals surface area contributed by atoms with E-state index in [-0.39, 0.29) is 5.82 Å². The first-order valence-electron chi connectivity index (χ1n) is 7.35. The van der Waals surface area contributed by atoms with Crippen LogP contribution >= 0.6 is 15.9 Å². The van der Waals surface area contributed by atoms with Crippen molar-refractivity contribution in [3.8, 4) is 0 Å². The van der Waals surface area contributed by atoms with Crippen LogP contribution in [-0.4, -0.2) is 13.1 Å². The molecule has 0 aromatic heterocycles. The van der Waals surface area contributed by atoms with Gasteiger partial charge in [-0.2, -0.15) is 0 Å². The summed E-state index contributed by atoms with van der Waals surface area (Å²) in [6, 6.07) is 5.43. The van der Waals surface area contributed by atoms with Gasteiger partial charge in [-0.05, 0) is 84.2 Å². The van der Waals surface area contributed by atoms with Crippen molar-refractivity contribution in [2.75, 3.05) is 13.1 Å². The van der Waals surface area contributed by atoms with Gasteiger partial charge in [-0.15, -0.1) is 0 Å². The molecule has 1 saturated carbocycles. The van der Waals surface area contributed by atoms with Crippen LogP contribution in [0.4, 0.5) is 4.39 Å². The normalized spacial score (nSPS) is 22.9. The molecule has 1 fully saturated rings. The van der Waals surface area contributed by atoms with Crippen molar-refractivity contribution in [3.05, 3.63) is 34.1 Å². The highest BCUT2D eigenvalue weighted by Gasteiger charge is 2.26. The minimum Gasteiger partial charge on any atom is -0.316 e. The van der Waals surface area contributed by atoms with E-state index in [2.05, 4.69) is 28.2 Å². The fourth-order valence-corrected chi connectivity index (χ4v) is 3.51. The van der Waals surface area contributed by atoms with Crippen LogP contribution in [0.5, 0.6) is 0 Å². The maximum atomic E-state index is 13.2. The van der Waals surface area contributed by atoms with Gasteiger partial charge >= 0.3 is 0 Å². The van der Waals surface area contributed by atoms with Gasteiger partial charge in [0, 0.05) is 0 Å². The number of nitrogens with one attached hydrogen (secondary N) is 1. The van der Waals surface area contributed by atoms with E-state index in [1.165, 1.54) is 31.2 Å². The minimum atomic E-state index is -0.170. The number of hydrogen-bond donors (Lipinski definition) is 1. The van der Waals surface area contributed by atoms with E-state index in [9.17, 15) is 4.39 Å². The van der Waals surface area contributed by atoms with Crippen molar-refractivity contribution in [2.24, 2.45) is 11.8 Å². The molecule has 1 nitrogen and oxygen atoms in total. The average Bonchev–Trinajstić information content (AvgIpc) is 2.82. The van der Waals surface area contributed by atoms with E-state index in [0.717, 1.165) is 31.3 Å². The third-order valence-electron chi connectivity index (χ3n) is 4.13. The standard InChI is InChI=1S/C16H23BrFN/c1-2-8-19-11-14-5-3-4-13(14)9-12-6-7-16(18)15(17)10-12/h6-7,10,13-14,19H,2-5,8-9,11H2,1H3. The van der Waals surface area contributed by atoms with E-state index in [1.54, 1.807) is 6.07 Å². The van der Waals surface area contributed by atoms with Gasteiger partial charge in [-0.3, -0.25) is 0 Å². The molecule has 3 heteroatoms. The molecular weight excluding hydrogens is 305 g/mol. The van der Waals surface area contributed by atoms with Gasteiger partial charge in [-0.25, -0.2) is 4.39 Å². The molecule has 1 aromatic carbocycles. The molecule has 0 aliphatic heterocycles. The van der Waals surface area contributed by atoms with Crippen molar-refractivity contribution in [1.29, 1.82) is 0 Å². The second kappa shape index (κ2) is 7.39. The summed E-state index contributed by atoms with van der Waals surface area (Å²) in [5.41, 5.74) is 1.25. The lowest BCUT2D eigenvalue weighted by molar-refractivity contribution is 0.365. The summed E-state index contributed by atoms with van der Waals surface area (Å²) in [6.45, 7) is 4.46. The summed E-state index contributed by atoms with van der Waals surface area (Å²) in [5.74, 6) is 1.37. The van der Waals surface area contributed by atoms with Crippen molar-refractivity contribution in [1.82, 2.24) is 5.32 Å². The molecule has 0 amide bonds. The summed E-state index contributed by atoms with van der Waals surface area (Å²) in [7, 11) is 0. The van der Waals surface area contributed by atoms with Gasteiger partial charge in [0.2, 0.25) is 0 Å². The van der Waals surface area contributed by atoms with Gasteiger partial charge in [0.25, 0.3) is 0 Å². The summed E-state index contributed by atoms with van der Waals surface area (Å²) < 4.78 is 13.8. The maximum absolute atomic E-state index is 13.2. The van der Waals surface area contributed by atoms with E-state index in [1.807, 2.05) is 12.1 Å². The molecule has 1 aromatic rings. The molecule has 2 atom stereocenters. The van der Waals surface area contributed by atoms with Gasteiger partial charge < -0.3 is 5.32 Å². The lowest BCUT2D eigenvalue weighted by atomic mass is 9.89. The minimum absolute atomic E-state index is 0.170. The van der Waals surface area contributed by atoms with E-state index in [0.29, 0.717) is 4.47 Å². The van der Waals surface area contributed by atoms with E-state index in [4.69, 9.17) is 0 Å². The first-order chi connectivity index (χ1) is 9.20. The van der Waals surface area contributed by atoms with Crippen molar-refractivity contribution in [2.45, 2.75) is 39.0 Å². The highest BCUT2D eigenvalue weighted by Crippen LogP contribution is 2.34. The maximum Gasteiger partial charge on any atom is 0.137 e. The van der Waals surface area contributed by atoms with Crippen molar-refractivity contribution < 1.29 is 4.39 Å². The molecular formula is C16H23BrFN. The Morgan fingerprint density at radius 1 is 1.32 bits per heavy atom. The Morgan fingerprint density at radius 3 is 2.84 bits per heavy atom. The van der Waals surface area contributed by atoms with Crippen LogP contribution in [0.3, 0.4) is 0 Å². The fourth-order valence-electron chi connectivity index (χ4n) is 3.08. The first-order valence-corrected chi connectivity index (χ1v) is 8.14. The number of hydrogen-bond acceptors (Lipinski definition) is 1. The Hall–Kier alpha value is -0.410. The van der Waals surface area contributed by atoms with Crippen LogP contribution in [0.2, 0.25) is 0 Å². The summed E-state index contributed by atoms with van der Waals surface area (Å²) in [5, 5.41) is 3.54. The molecule has 19 heavy (non-hydrogen) atoms. The highest BCUT2D eigenvalue weighted by atomic mass is 79.9. The summed E-state index contributed by atoms with van der Waals surface area (Å²) in [4.78, 5) is 0. The fraction of sp³-hybridized carbons (Fsp3) is 0.625. The van der Waals surface area contributed by atoms with E-state index < -0.39 is 0 Å². The van der Waals surface area contributed by atoms with Gasteiger partial charge in [0.1, 0.15) is 5.82 Å². The third-order valence-corrected chi connectivity index (χ3v) is 4.74. The van der Waals surface area contributed by atoms with Gasteiger partial charge in [0.15, 0.2) is 0 Å². The smallest absolute Gasteiger partial charge is 0.137 e. The number of rotatable bonds is 6. The second-order valence-corrected chi connectivity index (χ2v) is 6.46. The van der Waals surface area contributed by atoms with Crippen LogP contribution < -0.4 is 5.32 Å². The largest absolute Gasteiger partial charge is 0.316 e. The topological polar surface area (TPSA) is 12.0 Å². The number of benzene rings is 1. The summed E-state index contributed by atoms with van der Waals surface area (Å²) in [6.07, 6.45) is 6.27. The number of halogens is 2. The Kier molecular flexibility index (Phi) is 5.83. The Labute approximate surface area is 124 Å². The molecule has 1 N–H and O–H groups in total. The monoisotopic (exact) mass is 327 g/mol. The zero-order valence-corrected chi connectivity index (χ0v) is 13.2. The van der Waals surface area contributed by atoms with Crippen LogP contribution in [0.15, 0.2) is 22.7 Å². The zero-order valence-electron chi connectivity index (χ0n) is 11.6. The third kappa shape index (κ3) is 4.28. The molecule has 0 heterocycles. The molecule has 0 spiro atoms. The van der Waals surface area contributed by atoms with E-state index >= 15 is 0 Å². The highest BCUT2D eigenvalue weighted by molar-refractivity contribution is 9.10. The molecule has 1 aliphatic rings. The van der Waals surface area contributed by atoms with Crippen molar-refractivity contribution >= 4 is 15.9 Å². The molecule has 1 aliphatic carbocycles. The molecule has 2 rings (SSSR count). The SMILES string of the molecule is CCCNCC1CCCC1Cc1ccc(F)c(Br)c1. The van der Waals surface area contributed by atoms with Crippen LogP contribution in [0.1, 0.15) is 38.2 Å². The molecule has 0 saturated heterocycles. The van der Waals surface area contributed by atoms with Gasteiger partial charge in [0.05, 0.1) is 4.47 Å². The lowest BCUT2D eigenvalue weighted by Gasteiger charge is -2.20. The first kappa shape index (κ1) is 15.0. The van der Waals surface area contributed by atoms with Crippen LogP contribution in [-0.2, 0) is 6.42 Å². The molecule has 106 valence electrons. The lowest BCUT2D eigenvalue weighted by Crippen LogP contribution is -2.26. The van der Waals surface area contributed by atoms with Gasteiger partial charge in [-0.1, -0.05) is 19.4 Å². The predicted octanol–water partition coefficient (Wildman–Crippen LogP) is 4.55. The molecule has 0 bridgehead atoms. The predicted molar refractivity (Wildman–Crippen MR) is 81.8 cm³/mol. The van der Waals surface area contributed by atoms with Crippen LogP contribution in [0.25, 0.3) is 0 Å². The van der Waals surface area contributed by atoms with Crippen LogP contribution in [0, 0.1) is 17.7 Å². The summed E-state index contributed by atoms with van der Waals surface area (Å²) >= 11 is 3.27. The van der Waals surface area contributed by atoms with Crippen molar-refractivity contribution in [3.63, 3.8) is 0 Å². The second-order valence-electron chi connectivity index (χ2n) is 5.61. The Balaban J connectivity index is 1.91. The molecule has 2 unspecified atom stereocenters. The average molecular weight is 328 g/mol. The molecule has 0 radical (unpaired) electrons. The Bertz CT molecular complexity index is 408.